The van der Waals surface area contributed by atoms with Crippen LogP contribution in [-0.4, -0.2) is 44.4 Å². The number of carbonyl (C=O) groups excluding carboxylic acids is 1. The van der Waals surface area contributed by atoms with E-state index in [1.165, 1.54) is 16.4 Å². The van der Waals surface area contributed by atoms with E-state index >= 15 is 0 Å². The Balaban J connectivity index is 1.97. The summed E-state index contributed by atoms with van der Waals surface area (Å²) in [6.45, 7) is 8.97. The molecule has 0 aliphatic carbocycles. The molecule has 2 rings (SSSR count). The normalized spacial score (nSPS) is 17.6. The van der Waals surface area contributed by atoms with Crippen molar-refractivity contribution in [2.75, 3.05) is 25.0 Å². The molecule has 0 radical (unpaired) electrons. The molecule has 0 bridgehead atoms. The molecule has 26 heavy (non-hydrogen) atoms. The molecule has 1 aromatic rings. The van der Waals surface area contributed by atoms with Gasteiger partial charge in [0.15, 0.2) is 0 Å². The van der Waals surface area contributed by atoms with Crippen LogP contribution in [0.4, 0.5) is 5.69 Å². The molecule has 1 aliphatic rings. The molecule has 0 saturated carbocycles. The van der Waals surface area contributed by atoms with E-state index in [9.17, 15) is 13.2 Å². The number of rotatable bonds is 8. The molecule has 1 aliphatic heterocycles. The van der Waals surface area contributed by atoms with Gasteiger partial charge in [0.05, 0.1) is 11.5 Å². The highest BCUT2D eigenvalue weighted by Gasteiger charge is 2.28. The van der Waals surface area contributed by atoms with Crippen LogP contribution >= 0.6 is 0 Å². The third-order valence-electron chi connectivity index (χ3n) is 4.56. The number of sulfonamides is 1. The zero-order chi connectivity index (χ0) is 19.2. The van der Waals surface area contributed by atoms with Gasteiger partial charge in [-0.3, -0.25) is 4.79 Å². The second-order valence-corrected chi connectivity index (χ2v) is 8.63. The molecule has 1 saturated heterocycles. The summed E-state index contributed by atoms with van der Waals surface area (Å²) in [5, 5.41) is 2.73. The molecule has 144 valence electrons. The van der Waals surface area contributed by atoms with E-state index in [0.717, 1.165) is 12.8 Å². The minimum atomic E-state index is -3.48. The van der Waals surface area contributed by atoms with Gasteiger partial charge in [0.25, 0.3) is 5.91 Å². The largest absolute Gasteiger partial charge is 0.368 e. The maximum atomic E-state index is 12.7. The van der Waals surface area contributed by atoms with Crippen LogP contribution in [0.1, 0.15) is 33.1 Å². The van der Waals surface area contributed by atoms with Crippen molar-refractivity contribution < 1.29 is 17.9 Å². The van der Waals surface area contributed by atoms with E-state index < -0.39 is 16.1 Å². The summed E-state index contributed by atoms with van der Waals surface area (Å²) >= 11 is 0. The third kappa shape index (κ3) is 5.40. The lowest BCUT2D eigenvalue weighted by Gasteiger charge is -2.29. The van der Waals surface area contributed by atoms with Crippen molar-refractivity contribution in [2.24, 2.45) is 5.92 Å². The Morgan fingerprint density at radius 1 is 1.35 bits per heavy atom. The SMILES string of the molecule is C=CCCOC(C)C(=O)Nc1ccc(S(=O)(=O)N2CCC(C)CC2)cc1. The van der Waals surface area contributed by atoms with Crippen LogP contribution in [0.2, 0.25) is 0 Å². The first kappa shape index (κ1) is 20.6. The first-order valence-corrected chi connectivity index (χ1v) is 10.4. The molecule has 1 amide bonds. The van der Waals surface area contributed by atoms with E-state index in [1.54, 1.807) is 25.1 Å². The predicted octanol–water partition coefficient (Wildman–Crippen LogP) is 3.03. The van der Waals surface area contributed by atoms with E-state index in [2.05, 4.69) is 18.8 Å². The quantitative estimate of drug-likeness (QED) is 0.556. The summed E-state index contributed by atoms with van der Waals surface area (Å²) in [4.78, 5) is 12.3. The van der Waals surface area contributed by atoms with Crippen molar-refractivity contribution >= 4 is 21.6 Å². The van der Waals surface area contributed by atoms with E-state index in [0.29, 0.717) is 37.7 Å². The number of carbonyl (C=O) groups is 1. The van der Waals surface area contributed by atoms with Crippen LogP contribution in [0.25, 0.3) is 0 Å². The van der Waals surface area contributed by atoms with Crippen LogP contribution in [0.3, 0.4) is 0 Å². The van der Waals surface area contributed by atoms with E-state index in [-0.39, 0.29) is 10.8 Å². The van der Waals surface area contributed by atoms with Crippen molar-refractivity contribution in [3.8, 4) is 0 Å². The van der Waals surface area contributed by atoms with Gasteiger partial charge in [-0.25, -0.2) is 8.42 Å². The number of amides is 1. The van der Waals surface area contributed by atoms with Gasteiger partial charge in [-0.05, 0) is 56.4 Å². The zero-order valence-electron chi connectivity index (χ0n) is 15.5. The molecule has 1 heterocycles. The predicted molar refractivity (Wildman–Crippen MR) is 102 cm³/mol. The lowest BCUT2D eigenvalue weighted by Crippen LogP contribution is -2.37. The molecule has 1 aromatic carbocycles. The summed E-state index contributed by atoms with van der Waals surface area (Å²) in [6, 6.07) is 6.28. The monoisotopic (exact) mass is 380 g/mol. The molecule has 7 heteroatoms. The fourth-order valence-electron chi connectivity index (χ4n) is 2.73. The van der Waals surface area contributed by atoms with Crippen molar-refractivity contribution in [3.05, 3.63) is 36.9 Å². The van der Waals surface area contributed by atoms with Crippen LogP contribution in [0.5, 0.6) is 0 Å². The molecule has 1 fully saturated rings. The number of anilines is 1. The minimum Gasteiger partial charge on any atom is -0.368 e. The Morgan fingerprint density at radius 3 is 2.54 bits per heavy atom. The molecule has 0 spiro atoms. The number of hydrogen-bond acceptors (Lipinski definition) is 4. The minimum absolute atomic E-state index is 0.250. The fraction of sp³-hybridized carbons (Fsp3) is 0.526. The molecule has 1 atom stereocenters. The summed E-state index contributed by atoms with van der Waals surface area (Å²) in [5.74, 6) is 0.296. The van der Waals surface area contributed by atoms with E-state index in [4.69, 9.17) is 4.74 Å². The lowest BCUT2D eigenvalue weighted by atomic mass is 10.0. The summed E-state index contributed by atoms with van der Waals surface area (Å²) in [7, 11) is -3.48. The summed E-state index contributed by atoms with van der Waals surface area (Å²) in [6.07, 6.45) is 3.59. The Kier molecular flexibility index (Phi) is 7.37. The smallest absolute Gasteiger partial charge is 0.253 e. The Bertz CT molecular complexity index is 708. The van der Waals surface area contributed by atoms with Gasteiger partial charge in [-0.1, -0.05) is 13.0 Å². The first-order chi connectivity index (χ1) is 12.3. The van der Waals surface area contributed by atoms with Gasteiger partial charge in [0.2, 0.25) is 10.0 Å². The third-order valence-corrected chi connectivity index (χ3v) is 6.47. The van der Waals surface area contributed by atoms with Gasteiger partial charge >= 0.3 is 0 Å². The first-order valence-electron chi connectivity index (χ1n) is 8.98. The van der Waals surface area contributed by atoms with Gasteiger partial charge in [0, 0.05) is 18.8 Å². The van der Waals surface area contributed by atoms with Gasteiger partial charge in [-0.15, -0.1) is 6.58 Å². The van der Waals surface area contributed by atoms with Crippen LogP contribution in [0.15, 0.2) is 41.8 Å². The molecular formula is C19H28N2O4S. The Morgan fingerprint density at radius 2 is 1.96 bits per heavy atom. The van der Waals surface area contributed by atoms with Crippen molar-refractivity contribution in [3.63, 3.8) is 0 Å². The standard InChI is InChI=1S/C19H28N2O4S/c1-4-5-14-25-16(3)19(22)20-17-6-8-18(9-7-17)26(23,24)21-12-10-15(2)11-13-21/h4,6-9,15-16H,1,5,10-14H2,2-3H3,(H,20,22). The number of benzene rings is 1. The maximum absolute atomic E-state index is 12.7. The van der Waals surface area contributed by atoms with Crippen LogP contribution in [0, 0.1) is 5.92 Å². The fourth-order valence-corrected chi connectivity index (χ4v) is 4.20. The zero-order valence-corrected chi connectivity index (χ0v) is 16.3. The Labute approximate surface area is 156 Å². The molecule has 1 N–H and O–H groups in total. The van der Waals surface area contributed by atoms with Gasteiger partial charge < -0.3 is 10.1 Å². The number of nitrogens with zero attached hydrogens (tertiary/aromatic N) is 1. The number of hydrogen-bond donors (Lipinski definition) is 1. The number of piperidine rings is 1. The summed E-state index contributed by atoms with van der Waals surface area (Å²) < 4.78 is 32.3. The van der Waals surface area contributed by atoms with Crippen molar-refractivity contribution in [2.45, 2.75) is 44.1 Å². The van der Waals surface area contributed by atoms with E-state index in [1.807, 2.05) is 0 Å². The average molecular weight is 381 g/mol. The van der Waals surface area contributed by atoms with Gasteiger partial charge in [-0.2, -0.15) is 4.31 Å². The number of nitrogens with one attached hydrogen (secondary N) is 1. The Hall–Kier alpha value is -1.70. The highest BCUT2D eigenvalue weighted by Crippen LogP contribution is 2.24. The average Bonchev–Trinajstić information content (AvgIpc) is 2.62. The maximum Gasteiger partial charge on any atom is 0.253 e. The second-order valence-electron chi connectivity index (χ2n) is 6.69. The second kappa shape index (κ2) is 9.30. The highest BCUT2D eigenvalue weighted by atomic mass is 32.2. The topological polar surface area (TPSA) is 75.7 Å². The molecular weight excluding hydrogens is 352 g/mol. The van der Waals surface area contributed by atoms with Gasteiger partial charge in [0.1, 0.15) is 6.10 Å². The number of ether oxygens (including phenoxy) is 1. The van der Waals surface area contributed by atoms with Crippen molar-refractivity contribution in [1.29, 1.82) is 0 Å². The molecule has 0 aromatic heterocycles. The molecule has 1 unspecified atom stereocenters. The lowest BCUT2D eigenvalue weighted by molar-refractivity contribution is -0.126. The summed E-state index contributed by atoms with van der Waals surface area (Å²) in [5.41, 5.74) is 0.542. The van der Waals surface area contributed by atoms with Crippen molar-refractivity contribution in [1.82, 2.24) is 4.31 Å². The van der Waals surface area contributed by atoms with Crippen LogP contribution < -0.4 is 5.32 Å². The highest BCUT2D eigenvalue weighted by molar-refractivity contribution is 7.89. The molecule has 6 nitrogen and oxygen atoms in total. The van der Waals surface area contributed by atoms with Crippen LogP contribution in [-0.2, 0) is 19.6 Å².